The normalized spacial score (nSPS) is 7.80. The maximum absolute atomic E-state index is 10.6. The van der Waals surface area contributed by atoms with E-state index in [1.807, 2.05) is 0 Å². The second kappa shape index (κ2) is 6.50. The van der Waals surface area contributed by atoms with Crippen LogP contribution in [0.4, 0.5) is 0 Å². The Balaban J connectivity index is 3.27. The highest BCUT2D eigenvalue weighted by Gasteiger charge is 1.96. The number of hydrogen-bond acceptors (Lipinski definition) is 3. The molecule has 0 amide bonds. The highest BCUT2D eigenvalue weighted by Crippen LogP contribution is 1.87. The number of thiol groups is 1. The molecular formula is C7H10O2S. The summed E-state index contributed by atoms with van der Waals surface area (Å²) in [6.45, 7) is 1.90. The maximum atomic E-state index is 10.6. The lowest BCUT2D eigenvalue weighted by atomic mass is 10.5. The van der Waals surface area contributed by atoms with E-state index in [4.69, 9.17) is 0 Å². The van der Waals surface area contributed by atoms with Gasteiger partial charge in [0.15, 0.2) is 6.61 Å². The minimum Gasteiger partial charge on any atom is -0.452 e. The van der Waals surface area contributed by atoms with E-state index in [0.717, 1.165) is 0 Å². The van der Waals surface area contributed by atoms with E-state index >= 15 is 0 Å². The van der Waals surface area contributed by atoms with E-state index in [0.29, 0.717) is 12.2 Å². The van der Waals surface area contributed by atoms with Gasteiger partial charge in [0.25, 0.3) is 0 Å². The molecule has 0 saturated carbocycles. The molecule has 0 unspecified atom stereocenters. The fourth-order valence-corrected chi connectivity index (χ4v) is 0.535. The van der Waals surface area contributed by atoms with Gasteiger partial charge in [-0.1, -0.05) is 5.92 Å². The van der Waals surface area contributed by atoms with Gasteiger partial charge in [-0.25, -0.2) is 0 Å². The Morgan fingerprint density at radius 3 is 2.90 bits per heavy atom. The molecular weight excluding hydrogens is 148 g/mol. The Morgan fingerprint density at radius 2 is 2.40 bits per heavy atom. The first-order valence-corrected chi connectivity index (χ1v) is 3.60. The monoisotopic (exact) mass is 158 g/mol. The zero-order valence-electron chi connectivity index (χ0n) is 5.89. The van der Waals surface area contributed by atoms with Crippen molar-refractivity contribution in [1.82, 2.24) is 0 Å². The van der Waals surface area contributed by atoms with Gasteiger partial charge in [0, 0.05) is 5.75 Å². The van der Waals surface area contributed by atoms with Crippen LogP contribution in [0.2, 0.25) is 0 Å². The minimum atomic E-state index is -0.238. The maximum Gasteiger partial charge on any atom is 0.307 e. The van der Waals surface area contributed by atoms with Crippen molar-refractivity contribution < 1.29 is 9.53 Å². The Kier molecular flexibility index (Phi) is 6.10. The minimum absolute atomic E-state index is 0.198. The summed E-state index contributed by atoms with van der Waals surface area (Å²) in [6, 6.07) is 0. The van der Waals surface area contributed by atoms with Crippen LogP contribution in [0, 0.1) is 11.8 Å². The SMILES string of the molecule is CC#CCOC(=O)CCS. The summed E-state index contributed by atoms with van der Waals surface area (Å²) in [5.74, 6) is 5.53. The average molecular weight is 158 g/mol. The third-order valence-corrected chi connectivity index (χ3v) is 1.02. The molecule has 0 aliphatic carbocycles. The number of carbonyl (C=O) groups is 1. The molecule has 0 saturated heterocycles. The van der Waals surface area contributed by atoms with E-state index < -0.39 is 0 Å². The standard InChI is InChI=1S/C7H10O2S/c1-2-3-5-9-7(8)4-6-10/h10H,4-6H2,1H3. The number of hydrogen-bond donors (Lipinski definition) is 1. The highest BCUT2D eigenvalue weighted by atomic mass is 32.1. The van der Waals surface area contributed by atoms with E-state index in [-0.39, 0.29) is 12.6 Å². The van der Waals surface area contributed by atoms with Crippen LogP contribution in [0.25, 0.3) is 0 Å². The zero-order chi connectivity index (χ0) is 7.82. The summed E-state index contributed by atoms with van der Waals surface area (Å²) in [5, 5.41) is 0. The zero-order valence-corrected chi connectivity index (χ0v) is 6.78. The van der Waals surface area contributed by atoms with E-state index in [1.165, 1.54) is 0 Å². The average Bonchev–Trinajstić information content (AvgIpc) is 1.89. The predicted octanol–water partition coefficient (Wildman–Crippen LogP) is 0.873. The smallest absolute Gasteiger partial charge is 0.307 e. The second-order valence-corrected chi connectivity index (χ2v) is 2.01. The first kappa shape index (κ1) is 9.38. The first-order valence-electron chi connectivity index (χ1n) is 2.97. The third kappa shape index (κ3) is 5.52. The summed E-state index contributed by atoms with van der Waals surface area (Å²) in [6.07, 6.45) is 0.356. The summed E-state index contributed by atoms with van der Waals surface area (Å²) in [4.78, 5) is 10.6. The molecule has 0 aromatic carbocycles. The lowest BCUT2D eigenvalue weighted by molar-refractivity contribution is -0.141. The molecule has 0 fully saturated rings. The van der Waals surface area contributed by atoms with E-state index in [1.54, 1.807) is 6.92 Å². The van der Waals surface area contributed by atoms with Crippen molar-refractivity contribution in [3.8, 4) is 11.8 Å². The van der Waals surface area contributed by atoms with Crippen molar-refractivity contribution in [2.75, 3.05) is 12.4 Å². The molecule has 3 heteroatoms. The number of ether oxygens (including phenoxy) is 1. The molecule has 56 valence electrons. The van der Waals surface area contributed by atoms with Crippen molar-refractivity contribution in [2.24, 2.45) is 0 Å². The summed E-state index contributed by atoms with van der Waals surface area (Å²) in [7, 11) is 0. The van der Waals surface area contributed by atoms with Crippen molar-refractivity contribution in [2.45, 2.75) is 13.3 Å². The van der Waals surface area contributed by atoms with Gasteiger partial charge in [0.1, 0.15) is 0 Å². The fraction of sp³-hybridized carbons (Fsp3) is 0.571. The molecule has 0 aromatic heterocycles. The van der Waals surface area contributed by atoms with Gasteiger partial charge in [0.05, 0.1) is 6.42 Å². The fourth-order valence-electron chi connectivity index (χ4n) is 0.352. The number of carbonyl (C=O) groups excluding carboxylic acids is 1. The van der Waals surface area contributed by atoms with Gasteiger partial charge >= 0.3 is 5.97 Å². The molecule has 10 heavy (non-hydrogen) atoms. The summed E-state index contributed by atoms with van der Waals surface area (Å²) < 4.78 is 4.66. The second-order valence-electron chi connectivity index (χ2n) is 1.56. The molecule has 0 aliphatic heterocycles. The Morgan fingerprint density at radius 1 is 1.70 bits per heavy atom. The van der Waals surface area contributed by atoms with Crippen molar-refractivity contribution in [3.63, 3.8) is 0 Å². The highest BCUT2D eigenvalue weighted by molar-refractivity contribution is 7.80. The van der Waals surface area contributed by atoms with Crippen LogP contribution in [-0.4, -0.2) is 18.3 Å². The third-order valence-electron chi connectivity index (χ3n) is 0.798. The Hall–Kier alpha value is -0.620. The molecule has 0 aromatic rings. The molecule has 0 radical (unpaired) electrons. The van der Waals surface area contributed by atoms with Gasteiger partial charge < -0.3 is 4.74 Å². The lowest BCUT2D eigenvalue weighted by Gasteiger charge is -1.95. The van der Waals surface area contributed by atoms with Crippen LogP contribution in [0.15, 0.2) is 0 Å². The molecule has 0 aliphatic rings. The molecule has 0 bridgehead atoms. The number of esters is 1. The van der Waals surface area contributed by atoms with Gasteiger partial charge in [-0.2, -0.15) is 12.6 Å². The van der Waals surface area contributed by atoms with Crippen LogP contribution in [0.3, 0.4) is 0 Å². The summed E-state index contributed by atoms with van der Waals surface area (Å²) in [5.41, 5.74) is 0. The van der Waals surface area contributed by atoms with E-state index in [9.17, 15) is 4.79 Å². The van der Waals surface area contributed by atoms with Crippen molar-refractivity contribution in [1.29, 1.82) is 0 Å². The van der Waals surface area contributed by atoms with Gasteiger partial charge in [-0.15, -0.1) is 5.92 Å². The first-order chi connectivity index (χ1) is 4.81. The Bertz CT molecular complexity index is 155. The van der Waals surface area contributed by atoms with Crippen molar-refractivity contribution in [3.05, 3.63) is 0 Å². The van der Waals surface area contributed by atoms with Crippen LogP contribution >= 0.6 is 12.6 Å². The van der Waals surface area contributed by atoms with Crippen molar-refractivity contribution >= 4 is 18.6 Å². The van der Waals surface area contributed by atoms with Crippen LogP contribution in [-0.2, 0) is 9.53 Å². The molecule has 0 heterocycles. The Labute approximate surface area is 66.4 Å². The largest absolute Gasteiger partial charge is 0.452 e. The molecule has 0 N–H and O–H groups in total. The topological polar surface area (TPSA) is 26.3 Å². The predicted molar refractivity (Wildman–Crippen MR) is 42.9 cm³/mol. The van der Waals surface area contributed by atoms with Crippen LogP contribution in [0.5, 0.6) is 0 Å². The van der Waals surface area contributed by atoms with Gasteiger partial charge in [-0.3, -0.25) is 4.79 Å². The van der Waals surface area contributed by atoms with Gasteiger partial charge in [-0.05, 0) is 6.92 Å². The number of rotatable bonds is 3. The van der Waals surface area contributed by atoms with Gasteiger partial charge in [0.2, 0.25) is 0 Å². The molecule has 0 spiro atoms. The lowest BCUT2D eigenvalue weighted by Crippen LogP contribution is -2.04. The molecule has 0 atom stereocenters. The summed E-state index contributed by atoms with van der Waals surface area (Å²) >= 11 is 3.87. The van der Waals surface area contributed by atoms with E-state index in [2.05, 4.69) is 29.2 Å². The molecule has 2 nitrogen and oxygen atoms in total. The van der Waals surface area contributed by atoms with Crippen LogP contribution in [0.1, 0.15) is 13.3 Å². The quantitative estimate of drug-likeness (QED) is 0.375. The molecule has 0 rings (SSSR count). The van der Waals surface area contributed by atoms with Crippen LogP contribution < -0.4 is 0 Å².